The fourth-order valence-corrected chi connectivity index (χ4v) is 2.56. The maximum Gasteiger partial charge on any atom is 0.195 e. The van der Waals surface area contributed by atoms with Crippen LogP contribution in [-0.4, -0.2) is 21.3 Å². The Morgan fingerprint density at radius 2 is 2.15 bits per heavy atom. The van der Waals surface area contributed by atoms with Gasteiger partial charge in [0.05, 0.1) is 4.90 Å². The molecule has 1 aromatic heterocycles. The number of hydrogen-bond acceptors (Lipinski definition) is 4. The number of aromatic nitrogens is 3. The smallest absolute Gasteiger partial charge is 0.195 e. The van der Waals surface area contributed by atoms with Crippen molar-refractivity contribution < 1.29 is 4.39 Å². The van der Waals surface area contributed by atoms with Crippen molar-refractivity contribution in [2.24, 2.45) is 7.05 Å². The van der Waals surface area contributed by atoms with Gasteiger partial charge in [-0.05, 0) is 49.3 Å². The quantitative estimate of drug-likeness (QED) is 0.832. The Bertz CT molecular complexity index is 583. The Hall–Kier alpha value is -1.40. The molecule has 2 aromatic rings. The van der Waals surface area contributed by atoms with Crippen molar-refractivity contribution >= 4 is 11.8 Å². The summed E-state index contributed by atoms with van der Waals surface area (Å²) in [5.74, 6) is 0.597. The molecule has 0 bridgehead atoms. The number of aryl methyl sites for hydroxylation is 1. The van der Waals surface area contributed by atoms with Crippen molar-refractivity contribution in [1.29, 1.82) is 0 Å². The molecule has 108 valence electrons. The Balaban J connectivity index is 2.08. The van der Waals surface area contributed by atoms with E-state index in [-0.39, 0.29) is 5.82 Å². The van der Waals surface area contributed by atoms with Crippen LogP contribution >= 0.6 is 11.8 Å². The molecule has 0 spiro atoms. The zero-order valence-electron chi connectivity index (χ0n) is 12.0. The first-order valence-electron chi connectivity index (χ1n) is 6.64. The molecule has 0 amide bonds. The SMILES string of the molecule is CCCNCc1ccc(Sc2nnc(C)n2C)c(F)c1. The van der Waals surface area contributed by atoms with Gasteiger partial charge in [-0.2, -0.15) is 0 Å². The predicted octanol–water partition coefficient (Wildman–Crippen LogP) is 2.91. The van der Waals surface area contributed by atoms with Crippen LogP contribution in [0.15, 0.2) is 28.3 Å². The minimum Gasteiger partial charge on any atom is -0.313 e. The van der Waals surface area contributed by atoms with E-state index in [0.717, 1.165) is 24.4 Å². The van der Waals surface area contributed by atoms with E-state index in [0.29, 0.717) is 16.6 Å². The van der Waals surface area contributed by atoms with Gasteiger partial charge >= 0.3 is 0 Å². The highest BCUT2D eigenvalue weighted by Crippen LogP contribution is 2.28. The lowest BCUT2D eigenvalue weighted by Crippen LogP contribution is -2.13. The second kappa shape index (κ2) is 6.85. The van der Waals surface area contributed by atoms with Crippen LogP contribution in [0.1, 0.15) is 24.7 Å². The van der Waals surface area contributed by atoms with Crippen LogP contribution in [0.25, 0.3) is 0 Å². The lowest BCUT2D eigenvalue weighted by Gasteiger charge is -2.07. The van der Waals surface area contributed by atoms with E-state index in [4.69, 9.17) is 0 Å². The number of benzene rings is 1. The zero-order valence-corrected chi connectivity index (χ0v) is 12.8. The van der Waals surface area contributed by atoms with E-state index in [9.17, 15) is 4.39 Å². The molecule has 0 atom stereocenters. The van der Waals surface area contributed by atoms with Gasteiger partial charge < -0.3 is 9.88 Å². The van der Waals surface area contributed by atoms with Gasteiger partial charge in [0, 0.05) is 13.6 Å². The van der Waals surface area contributed by atoms with Crippen molar-refractivity contribution in [3.05, 3.63) is 35.4 Å². The summed E-state index contributed by atoms with van der Waals surface area (Å²) in [6.07, 6.45) is 1.07. The summed E-state index contributed by atoms with van der Waals surface area (Å²) in [5.41, 5.74) is 0.953. The summed E-state index contributed by atoms with van der Waals surface area (Å²) in [5, 5.41) is 12.0. The average Bonchev–Trinajstić information content (AvgIpc) is 2.74. The van der Waals surface area contributed by atoms with Crippen LogP contribution in [0.4, 0.5) is 4.39 Å². The highest BCUT2D eigenvalue weighted by molar-refractivity contribution is 7.99. The second-order valence-corrected chi connectivity index (χ2v) is 5.64. The monoisotopic (exact) mass is 294 g/mol. The number of nitrogens with one attached hydrogen (secondary N) is 1. The fraction of sp³-hybridized carbons (Fsp3) is 0.429. The summed E-state index contributed by atoms with van der Waals surface area (Å²) in [7, 11) is 1.87. The number of hydrogen-bond donors (Lipinski definition) is 1. The Morgan fingerprint density at radius 3 is 2.75 bits per heavy atom. The molecule has 6 heteroatoms. The molecule has 0 aliphatic heterocycles. The van der Waals surface area contributed by atoms with Crippen LogP contribution < -0.4 is 5.32 Å². The van der Waals surface area contributed by atoms with Gasteiger partial charge in [0.15, 0.2) is 5.16 Å². The number of rotatable bonds is 6. The molecule has 2 rings (SSSR count). The van der Waals surface area contributed by atoms with Crippen LogP contribution in [-0.2, 0) is 13.6 Å². The Morgan fingerprint density at radius 1 is 1.35 bits per heavy atom. The standard InChI is InChI=1S/C14H19FN4S/c1-4-7-16-9-11-5-6-13(12(15)8-11)20-14-18-17-10(2)19(14)3/h5-6,8,16H,4,7,9H2,1-3H3. The molecular formula is C14H19FN4S. The van der Waals surface area contributed by atoms with Crippen molar-refractivity contribution in [3.8, 4) is 0 Å². The van der Waals surface area contributed by atoms with E-state index in [1.165, 1.54) is 11.8 Å². The zero-order chi connectivity index (χ0) is 14.5. The maximum absolute atomic E-state index is 14.1. The molecule has 20 heavy (non-hydrogen) atoms. The molecule has 1 heterocycles. The van der Waals surface area contributed by atoms with Gasteiger partial charge in [-0.3, -0.25) is 0 Å². The normalized spacial score (nSPS) is 11.0. The molecule has 0 fully saturated rings. The fourth-order valence-electron chi connectivity index (χ4n) is 1.72. The van der Waals surface area contributed by atoms with Crippen molar-refractivity contribution in [3.63, 3.8) is 0 Å². The van der Waals surface area contributed by atoms with Crippen LogP contribution in [0.2, 0.25) is 0 Å². The predicted molar refractivity (Wildman–Crippen MR) is 78.3 cm³/mol. The molecular weight excluding hydrogens is 275 g/mol. The lowest BCUT2D eigenvalue weighted by atomic mass is 10.2. The van der Waals surface area contributed by atoms with Gasteiger partial charge in [-0.1, -0.05) is 13.0 Å². The van der Waals surface area contributed by atoms with Gasteiger partial charge in [0.1, 0.15) is 11.6 Å². The highest BCUT2D eigenvalue weighted by atomic mass is 32.2. The second-order valence-electron chi connectivity index (χ2n) is 4.63. The lowest BCUT2D eigenvalue weighted by molar-refractivity contribution is 0.594. The van der Waals surface area contributed by atoms with Gasteiger partial charge in [0.25, 0.3) is 0 Å². The maximum atomic E-state index is 14.1. The number of nitrogens with zero attached hydrogens (tertiary/aromatic N) is 3. The van der Waals surface area contributed by atoms with Crippen LogP contribution in [0.3, 0.4) is 0 Å². The van der Waals surface area contributed by atoms with E-state index in [1.807, 2.05) is 24.6 Å². The third kappa shape index (κ3) is 3.58. The molecule has 1 N–H and O–H groups in total. The van der Waals surface area contributed by atoms with E-state index in [1.54, 1.807) is 12.1 Å². The minimum atomic E-state index is -0.216. The third-order valence-electron chi connectivity index (χ3n) is 3.01. The summed E-state index contributed by atoms with van der Waals surface area (Å²) in [6.45, 7) is 5.61. The Kier molecular flexibility index (Phi) is 5.14. The molecule has 0 unspecified atom stereocenters. The summed E-state index contributed by atoms with van der Waals surface area (Å²) in [6, 6.07) is 5.32. The summed E-state index contributed by atoms with van der Waals surface area (Å²) < 4.78 is 15.9. The van der Waals surface area contributed by atoms with Crippen LogP contribution in [0.5, 0.6) is 0 Å². The molecule has 0 aliphatic rings. The topological polar surface area (TPSA) is 42.7 Å². The first-order chi connectivity index (χ1) is 9.61. The average molecular weight is 294 g/mol. The van der Waals surface area contributed by atoms with Crippen molar-refractivity contribution in [2.45, 2.75) is 36.9 Å². The first-order valence-corrected chi connectivity index (χ1v) is 7.46. The van der Waals surface area contributed by atoms with Crippen molar-refractivity contribution in [1.82, 2.24) is 20.1 Å². The van der Waals surface area contributed by atoms with E-state index >= 15 is 0 Å². The largest absolute Gasteiger partial charge is 0.313 e. The van der Waals surface area contributed by atoms with Crippen molar-refractivity contribution in [2.75, 3.05) is 6.54 Å². The molecule has 0 saturated carbocycles. The molecule has 1 aromatic carbocycles. The first kappa shape index (κ1) is 15.0. The third-order valence-corrected chi connectivity index (χ3v) is 4.10. The molecule has 0 aliphatic carbocycles. The van der Waals surface area contributed by atoms with Gasteiger partial charge in [0.2, 0.25) is 0 Å². The highest BCUT2D eigenvalue weighted by Gasteiger charge is 2.11. The van der Waals surface area contributed by atoms with E-state index in [2.05, 4.69) is 22.4 Å². The summed E-state index contributed by atoms with van der Waals surface area (Å²) in [4.78, 5) is 0.569. The summed E-state index contributed by atoms with van der Waals surface area (Å²) >= 11 is 1.29. The Labute approximate surface area is 122 Å². The molecule has 4 nitrogen and oxygen atoms in total. The molecule has 0 radical (unpaired) electrons. The molecule has 0 saturated heterocycles. The van der Waals surface area contributed by atoms with Gasteiger partial charge in [-0.25, -0.2) is 4.39 Å². The number of halogens is 1. The van der Waals surface area contributed by atoms with Gasteiger partial charge in [-0.15, -0.1) is 10.2 Å². The van der Waals surface area contributed by atoms with E-state index < -0.39 is 0 Å². The minimum absolute atomic E-state index is 0.216. The van der Waals surface area contributed by atoms with Crippen LogP contribution in [0, 0.1) is 12.7 Å².